The second-order valence-electron chi connectivity index (χ2n) is 6.17. The predicted molar refractivity (Wildman–Crippen MR) is 97.1 cm³/mol. The predicted octanol–water partition coefficient (Wildman–Crippen LogP) is 3.14. The molecule has 0 aliphatic carbocycles. The molecule has 1 N–H and O–H groups in total. The maximum Gasteiger partial charge on any atom is 0.279 e. The molecule has 5 heteroatoms. The number of nitrogens with zero attached hydrogens (tertiary/aromatic N) is 1. The molecule has 0 bridgehead atoms. The van der Waals surface area contributed by atoms with Crippen LogP contribution in [0.5, 0.6) is 0 Å². The summed E-state index contributed by atoms with van der Waals surface area (Å²) in [5, 5.41) is 0. The van der Waals surface area contributed by atoms with Crippen LogP contribution in [0.2, 0.25) is 0 Å². The lowest BCUT2D eigenvalue weighted by Crippen LogP contribution is -2.39. The van der Waals surface area contributed by atoms with Gasteiger partial charge in [0, 0.05) is 25.6 Å². The van der Waals surface area contributed by atoms with E-state index in [4.69, 9.17) is 0 Å². The van der Waals surface area contributed by atoms with Gasteiger partial charge in [-0.05, 0) is 30.4 Å². The maximum atomic E-state index is 12.3. The summed E-state index contributed by atoms with van der Waals surface area (Å²) in [7, 11) is -3.34. The van der Waals surface area contributed by atoms with E-state index in [1.165, 1.54) is 11.1 Å². The molecule has 0 radical (unpaired) electrons. The highest BCUT2D eigenvalue weighted by Gasteiger charge is 2.25. The normalized spacial score (nSPS) is 15.9. The van der Waals surface area contributed by atoms with E-state index in [1.807, 2.05) is 36.4 Å². The zero-order chi connectivity index (χ0) is 16.8. The molecule has 0 saturated carbocycles. The Hall–Kier alpha value is -1.69. The van der Waals surface area contributed by atoms with Crippen molar-refractivity contribution in [3.8, 4) is 0 Å². The van der Waals surface area contributed by atoms with Crippen molar-refractivity contribution in [3.05, 3.63) is 71.8 Å². The lowest BCUT2D eigenvalue weighted by molar-refractivity contribution is 0.463. The molecule has 24 heavy (non-hydrogen) atoms. The minimum Gasteiger partial charge on any atom is -0.202 e. The van der Waals surface area contributed by atoms with Crippen molar-refractivity contribution in [2.45, 2.75) is 25.2 Å². The van der Waals surface area contributed by atoms with E-state index >= 15 is 0 Å². The zero-order valence-corrected chi connectivity index (χ0v) is 14.6. The summed E-state index contributed by atoms with van der Waals surface area (Å²) in [6.07, 6.45) is 2.65. The Balaban J connectivity index is 1.69. The first-order chi connectivity index (χ1) is 11.7. The van der Waals surface area contributed by atoms with Crippen molar-refractivity contribution in [2.24, 2.45) is 0 Å². The maximum absolute atomic E-state index is 12.3. The van der Waals surface area contributed by atoms with E-state index in [2.05, 4.69) is 29.0 Å². The molecule has 1 saturated heterocycles. The highest BCUT2D eigenvalue weighted by Crippen LogP contribution is 2.27. The molecular weight excluding hydrogens is 320 g/mol. The Morgan fingerprint density at radius 1 is 0.875 bits per heavy atom. The Bertz CT molecular complexity index is 687. The molecule has 2 aromatic carbocycles. The van der Waals surface area contributed by atoms with Crippen LogP contribution in [0.25, 0.3) is 0 Å². The number of benzene rings is 2. The summed E-state index contributed by atoms with van der Waals surface area (Å²) in [5.41, 5.74) is 2.42. The van der Waals surface area contributed by atoms with Gasteiger partial charge in [0.25, 0.3) is 10.2 Å². The van der Waals surface area contributed by atoms with Gasteiger partial charge in [0.05, 0.1) is 0 Å². The van der Waals surface area contributed by atoms with Gasteiger partial charge in [0.15, 0.2) is 0 Å². The summed E-state index contributed by atoms with van der Waals surface area (Å²) in [6.45, 7) is 1.71. The van der Waals surface area contributed by atoms with E-state index in [-0.39, 0.29) is 5.92 Å². The van der Waals surface area contributed by atoms with Crippen molar-refractivity contribution in [3.63, 3.8) is 0 Å². The van der Waals surface area contributed by atoms with Crippen LogP contribution in [0.4, 0.5) is 0 Å². The molecule has 1 fully saturated rings. The monoisotopic (exact) mass is 344 g/mol. The molecule has 2 aromatic rings. The van der Waals surface area contributed by atoms with Gasteiger partial charge < -0.3 is 0 Å². The van der Waals surface area contributed by atoms with Crippen LogP contribution < -0.4 is 4.72 Å². The SMILES string of the molecule is O=S(=O)(NCCC(c1ccccc1)c1ccccc1)N1CCCC1. The lowest BCUT2D eigenvalue weighted by atomic mass is 9.89. The fraction of sp³-hybridized carbons (Fsp3) is 0.368. The topological polar surface area (TPSA) is 49.4 Å². The number of hydrogen-bond acceptors (Lipinski definition) is 2. The lowest BCUT2D eigenvalue weighted by Gasteiger charge is -2.20. The highest BCUT2D eigenvalue weighted by molar-refractivity contribution is 7.87. The summed E-state index contributed by atoms with van der Waals surface area (Å²) >= 11 is 0. The summed E-state index contributed by atoms with van der Waals surface area (Å²) < 4.78 is 28.9. The third kappa shape index (κ3) is 4.23. The fourth-order valence-corrected chi connectivity index (χ4v) is 4.55. The van der Waals surface area contributed by atoms with Crippen LogP contribution in [0.3, 0.4) is 0 Å². The van der Waals surface area contributed by atoms with E-state index in [0.29, 0.717) is 19.6 Å². The molecule has 1 aliphatic rings. The molecule has 0 unspecified atom stereocenters. The molecule has 0 spiro atoms. The Morgan fingerprint density at radius 3 is 1.88 bits per heavy atom. The van der Waals surface area contributed by atoms with Crippen molar-refractivity contribution in [2.75, 3.05) is 19.6 Å². The standard InChI is InChI=1S/C19H24N2O2S/c22-24(23,21-15-7-8-16-21)20-14-13-19(17-9-3-1-4-10-17)18-11-5-2-6-12-18/h1-6,9-12,19-20H,7-8,13-16H2. The van der Waals surface area contributed by atoms with Crippen LogP contribution in [-0.2, 0) is 10.2 Å². The fourth-order valence-electron chi connectivity index (χ4n) is 3.25. The smallest absolute Gasteiger partial charge is 0.202 e. The number of nitrogens with one attached hydrogen (secondary N) is 1. The zero-order valence-electron chi connectivity index (χ0n) is 13.8. The van der Waals surface area contributed by atoms with Crippen LogP contribution >= 0.6 is 0 Å². The van der Waals surface area contributed by atoms with E-state index < -0.39 is 10.2 Å². The summed E-state index contributed by atoms with van der Waals surface area (Å²) in [5.74, 6) is 0.189. The average molecular weight is 344 g/mol. The molecule has 0 atom stereocenters. The van der Waals surface area contributed by atoms with Crippen molar-refractivity contribution in [1.29, 1.82) is 0 Å². The van der Waals surface area contributed by atoms with E-state index in [0.717, 1.165) is 19.3 Å². The van der Waals surface area contributed by atoms with Gasteiger partial charge in [-0.3, -0.25) is 0 Å². The Kier molecular flexibility index (Phi) is 5.66. The van der Waals surface area contributed by atoms with E-state index in [9.17, 15) is 8.42 Å². The van der Waals surface area contributed by atoms with Gasteiger partial charge in [0.1, 0.15) is 0 Å². The molecule has 3 rings (SSSR count). The highest BCUT2D eigenvalue weighted by atomic mass is 32.2. The van der Waals surface area contributed by atoms with Gasteiger partial charge in [-0.25, -0.2) is 4.72 Å². The van der Waals surface area contributed by atoms with Gasteiger partial charge in [-0.1, -0.05) is 60.7 Å². The Morgan fingerprint density at radius 2 is 1.38 bits per heavy atom. The van der Waals surface area contributed by atoms with Crippen LogP contribution in [0, 0.1) is 0 Å². The van der Waals surface area contributed by atoms with Crippen LogP contribution in [0.15, 0.2) is 60.7 Å². The van der Waals surface area contributed by atoms with Gasteiger partial charge in [-0.2, -0.15) is 12.7 Å². The van der Waals surface area contributed by atoms with Crippen LogP contribution in [0.1, 0.15) is 36.3 Å². The number of rotatable bonds is 7. The second-order valence-corrected chi connectivity index (χ2v) is 7.92. The van der Waals surface area contributed by atoms with Crippen molar-refractivity contribution < 1.29 is 8.42 Å². The molecule has 1 aliphatic heterocycles. The Labute approximate surface area is 144 Å². The average Bonchev–Trinajstić information content (AvgIpc) is 3.16. The first-order valence-corrected chi connectivity index (χ1v) is 9.95. The molecule has 4 nitrogen and oxygen atoms in total. The van der Waals surface area contributed by atoms with E-state index in [1.54, 1.807) is 4.31 Å². The summed E-state index contributed by atoms with van der Waals surface area (Å²) in [4.78, 5) is 0. The quantitative estimate of drug-likeness (QED) is 0.839. The third-order valence-electron chi connectivity index (χ3n) is 4.53. The molecule has 128 valence electrons. The molecule has 0 aromatic heterocycles. The van der Waals surface area contributed by atoms with Gasteiger partial charge >= 0.3 is 0 Å². The second kappa shape index (κ2) is 7.92. The van der Waals surface area contributed by atoms with Gasteiger partial charge in [-0.15, -0.1) is 0 Å². The first kappa shape index (κ1) is 17.1. The van der Waals surface area contributed by atoms with Gasteiger partial charge in [0.2, 0.25) is 0 Å². The molecule has 1 heterocycles. The first-order valence-electron chi connectivity index (χ1n) is 8.51. The summed E-state index contributed by atoms with van der Waals surface area (Å²) in [6, 6.07) is 20.5. The third-order valence-corrected chi connectivity index (χ3v) is 6.14. The van der Waals surface area contributed by atoms with Crippen molar-refractivity contribution in [1.82, 2.24) is 9.03 Å². The molecule has 0 amide bonds. The molecular formula is C19H24N2O2S. The number of hydrogen-bond donors (Lipinski definition) is 1. The van der Waals surface area contributed by atoms with Crippen molar-refractivity contribution >= 4 is 10.2 Å². The minimum absolute atomic E-state index is 0.189. The minimum atomic E-state index is -3.34. The largest absolute Gasteiger partial charge is 0.279 e. The van der Waals surface area contributed by atoms with Crippen LogP contribution in [-0.4, -0.2) is 32.4 Å².